The minimum Gasteiger partial charge on any atom is -0.350 e. The van der Waals surface area contributed by atoms with Crippen LogP contribution in [0, 0.1) is 0 Å². The van der Waals surface area contributed by atoms with Crippen LogP contribution in [0.4, 0.5) is 0 Å². The van der Waals surface area contributed by atoms with E-state index >= 15 is 0 Å². The molecule has 2 atom stereocenters. The van der Waals surface area contributed by atoms with Crippen LogP contribution >= 0.6 is 15.9 Å². The SMILES string of the molecule is CC(N[C@@H](C)c1ccc(Br)cc1)C(=O)NC(C)(C)C. The van der Waals surface area contributed by atoms with Gasteiger partial charge in [-0.25, -0.2) is 0 Å². The van der Waals surface area contributed by atoms with Crippen LogP contribution in [-0.2, 0) is 4.79 Å². The summed E-state index contributed by atoms with van der Waals surface area (Å²) in [6.45, 7) is 9.89. The van der Waals surface area contributed by atoms with E-state index in [-0.39, 0.29) is 23.5 Å². The molecule has 0 heterocycles. The maximum absolute atomic E-state index is 12.0. The standard InChI is InChI=1S/C15H23BrN2O/c1-10(12-6-8-13(16)9-7-12)17-11(2)14(19)18-15(3,4)5/h6-11,17H,1-5H3,(H,18,19)/t10-,11?/m0/s1. The fourth-order valence-corrected chi connectivity index (χ4v) is 2.04. The summed E-state index contributed by atoms with van der Waals surface area (Å²) in [6, 6.07) is 8.03. The first-order valence-corrected chi connectivity index (χ1v) is 7.32. The molecular weight excluding hydrogens is 304 g/mol. The first-order valence-electron chi connectivity index (χ1n) is 6.52. The van der Waals surface area contributed by atoms with E-state index in [1.807, 2.05) is 39.8 Å². The average molecular weight is 327 g/mol. The third-order valence-corrected chi connectivity index (χ3v) is 3.29. The molecule has 0 saturated carbocycles. The highest BCUT2D eigenvalue weighted by Crippen LogP contribution is 2.17. The molecule has 0 fully saturated rings. The molecule has 0 bridgehead atoms. The molecule has 1 unspecified atom stereocenters. The molecule has 0 aliphatic heterocycles. The van der Waals surface area contributed by atoms with E-state index in [1.54, 1.807) is 0 Å². The molecule has 106 valence electrons. The highest BCUT2D eigenvalue weighted by atomic mass is 79.9. The van der Waals surface area contributed by atoms with Crippen molar-refractivity contribution in [3.63, 3.8) is 0 Å². The molecule has 0 radical (unpaired) electrons. The number of hydrogen-bond donors (Lipinski definition) is 2. The Morgan fingerprint density at radius 3 is 2.16 bits per heavy atom. The zero-order chi connectivity index (χ0) is 14.6. The molecule has 0 aliphatic rings. The highest BCUT2D eigenvalue weighted by molar-refractivity contribution is 9.10. The van der Waals surface area contributed by atoms with E-state index in [0.717, 1.165) is 4.47 Å². The number of benzene rings is 1. The average Bonchev–Trinajstić information content (AvgIpc) is 2.27. The molecule has 1 aromatic carbocycles. The zero-order valence-electron chi connectivity index (χ0n) is 12.3. The fraction of sp³-hybridized carbons (Fsp3) is 0.533. The van der Waals surface area contributed by atoms with E-state index in [9.17, 15) is 4.79 Å². The monoisotopic (exact) mass is 326 g/mol. The minimum atomic E-state index is -0.224. The van der Waals surface area contributed by atoms with Crippen molar-refractivity contribution < 1.29 is 4.79 Å². The lowest BCUT2D eigenvalue weighted by molar-refractivity contribution is -0.124. The van der Waals surface area contributed by atoms with Crippen molar-refractivity contribution in [3.05, 3.63) is 34.3 Å². The van der Waals surface area contributed by atoms with Gasteiger partial charge in [0.1, 0.15) is 0 Å². The van der Waals surface area contributed by atoms with Crippen LogP contribution in [0.3, 0.4) is 0 Å². The molecule has 2 N–H and O–H groups in total. The van der Waals surface area contributed by atoms with Gasteiger partial charge in [0.05, 0.1) is 6.04 Å². The van der Waals surface area contributed by atoms with Crippen molar-refractivity contribution in [2.45, 2.75) is 52.2 Å². The Balaban J connectivity index is 2.59. The Morgan fingerprint density at radius 2 is 1.68 bits per heavy atom. The predicted octanol–water partition coefficient (Wildman–Crippen LogP) is 3.40. The van der Waals surface area contributed by atoms with Gasteiger partial charge in [-0.1, -0.05) is 28.1 Å². The van der Waals surface area contributed by atoms with Crippen LogP contribution < -0.4 is 10.6 Å². The molecule has 3 nitrogen and oxygen atoms in total. The normalized spacial score (nSPS) is 14.8. The lowest BCUT2D eigenvalue weighted by Gasteiger charge is -2.25. The molecule has 1 rings (SSSR count). The van der Waals surface area contributed by atoms with Gasteiger partial charge in [0.25, 0.3) is 0 Å². The molecule has 4 heteroatoms. The highest BCUT2D eigenvalue weighted by Gasteiger charge is 2.20. The number of rotatable bonds is 4. The van der Waals surface area contributed by atoms with E-state index < -0.39 is 0 Å². The van der Waals surface area contributed by atoms with Gasteiger partial charge in [-0.15, -0.1) is 0 Å². The van der Waals surface area contributed by atoms with Crippen molar-refractivity contribution in [1.29, 1.82) is 0 Å². The summed E-state index contributed by atoms with van der Waals surface area (Å²) in [5.74, 6) is 0.0245. The predicted molar refractivity (Wildman–Crippen MR) is 83.1 cm³/mol. The third-order valence-electron chi connectivity index (χ3n) is 2.76. The second kappa shape index (κ2) is 6.53. The molecule has 0 aliphatic carbocycles. The smallest absolute Gasteiger partial charge is 0.237 e. The molecule has 19 heavy (non-hydrogen) atoms. The molecular formula is C15H23BrN2O. The van der Waals surface area contributed by atoms with Crippen molar-refractivity contribution in [1.82, 2.24) is 10.6 Å². The van der Waals surface area contributed by atoms with Crippen molar-refractivity contribution in [2.24, 2.45) is 0 Å². The number of carbonyl (C=O) groups excluding carboxylic acids is 1. The maximum Gasteiger partial charge on any atom is 0.237 e. The molecule has 0 aromatic heterocycles. The van der Waals surface area contributed by atoms with Crippen LogP contribution in [0.5, 0.6) is 0 Å². The number of hydrogen-bond acceptors (Lipinski definition) is 2. The molecule has 0 spiro atoms. The summed E-state index contributed by atoms with van der Waals surface area (Å²) >= 11 is 3.42. The topological polar surface area (TPSA) is 41.1 Å². The summed E-state index contributed by atoms with van der Waals surface area (Å²) in [5, 5.41) is 6.29. The number of carbonyl (C=O) groups is 1. The number of halogens is 1. The van der Waals surface area contributed by atoms with Crippen LogP contribution in [-0.4, -0.2) is 17.5 Å². The van der Waals surface area contributed by atoms with Crippen molar-refractivity contribution in [3.8, 4) is 0 Å². The maximum atomic E-state index is 12.0. The van der Waals surface area contributed by atoms with Crippen molar-refractivity contribution >= 4 is 21.8 Å². The second-order valence-corrected chi connectivity index (χ2v) is 6.82. The lowest BCUT2D eigenvalue weighted by Crippen LogP contribution is -2.49. The van der Waals surface area contributed by atoms with E-state index in [2.05, 4.69) is 45.6 Å². The Hall–Kier alpha value is -0.870. The summed E-state index contributed by atoms with van der Waals surface area (Å²) in [4.78, 5) is 12.0. The van der Waals surface area contributed by atoms with Gasteiger partial charge >= 0.3 is 0 Å². The minimum absolute atomic E-state index is 0.0245. The van der Waals surface area contributed by atoms with Gasteiger partial charge < -0.3 is 5.32 Å². The summed E-state index contributed by atoms with van der Waals surface area (Å²) in [5.41, 5.74) is 0.965. The zero-order valence-corrected chi connectivity index (χ0v) is 13.8. The van der Waals surface area contributed by atoms with E-state index in [1.165, 1.54) is 5.56 Å². The fourth-order valence-electron chi connectivity index (χ4n) is 1.78. The summed E-state index contributed by atoms with van der Waals surface area (Å²) < 4.78 is 1.06. The van der Waals surface area contributed by atoms with Crippen LogP contribution in [0.2, 0.25) is 0 Å². The Bertz CT molecular complexity index is 423. The number of nitrogens with one attached hydrogen (secondary N) is 2. The van der Waals surface area contributed by atoms with Gasteiger partial charge in [-0.2, -0.15) is 0 Å². The van der Waals surface area contributed by atoms with Gasteiger partial charge in [-0.3, -0.25) is 10.1 Å². The van der Waals surface area contributed by atoms with E-state index in [4.69, 9.17) is 0 Å². The Labute approximate surface area is 124 Å². The Kier molecular flexibility index (Phi) is 5.56. The number of amides is 1. The van der Waals surface area contributed by atoms with Crippen molar-refractivity contribution in [2.75, 3.05) is 0 Å². The van der Waals surface area contributed by atoms with Gasteiger partial charge in [0.15, 0.2) is 0 Å². The van der Waals surface area contributed by atoms with Gasteiger partial charge in [-0.05, 0) is 52.3 Å². The molecule has 1 aromatic rings. The quantitative estimate of drug-likeness (QED) is 0.890. The van der Waals surface area contributed by atoms with Gasteiger partial charge in [0, 0.05) is 16.1 Å². The Morgan fingerprint density at radius 1 is 1.16 bits per heavy atom. The summed E-state index contributed by atoms with van der Waals surface area (Å²) in [7, 11) is 0. The molecule has 0 saturated heterocycles. The largest absolute Gasteiger partial charge is 0.350 e. The second-order valence-electron chi connectivity index (χ2n) is 5.90. The van der Waals surface area contributed by atoms with Gasteiger partial charge in [0.2, 0.25) is 5.91 Å². The molecule has 1 amide bonds. The van der Waals surface area contributed by atoms with Crippen LogP contribution in [0.25, 0.3) is 0 Å². The summed E-state index contributed by atoms with van der Waals surface area (Å²) in [6.07, 6.45) is 0. The van der Waals surface area contributed by atoms with E-state index in [0.29, 0.717) is 0 Å². The van der Waals surface area contributed by atoms with Crippen LogP contribution in [0.15, 0.2) is 28.7 Å². The van der Waals surface area contributed by atoms with Crippen LogP contribution in [0.1, 0.15) is 46.2 Å². The lowest BCUT2D eigenvalue weighted by atomic mass is 10.1. The first kappa shape index (κ1) is 16.2. The first-order chi connectivity index (χ1) is 8.69. The third kappa shape index (κ3) is 5.74.